The monoisotopic (exact) mass is 264 g/mol. The number of aryl methyl sites for hydroxylation is 2. The number of hydrogen-bond donors (Lipinski definition) is 0. The van der Waals surface area contributed by atoms with Crippen LogP contribution in [0.15, 0.2) is 36.1 Å². The van der Waals surface area contributed by atoms with Gasteiger partial charge in [0.1, 0.15) is 12.4 Å². The Morgan fingerprint density at radius 3 is 2.83 bits per heavy atom. The van der Waals surface area contributed by atoms with E-state index in [9.17, 15) is 0 Å². The molecule has 0 unspecified atom stereocenters. The molecular weight excluding hydrogens is 244 g/mol. The second-order valence-corrected chi connectivity index (χ2v) is 5.22. The van der Waals surface area contributed by atoms with Gasteiger partial charge in [-0.1, -0.05) is 12.7 Å². The molecule has 0 aliphatic heterocycles. The van der Waals surface area contributed by atoms with Crippen molar-refractivity contribution < 1.29 is 4.74 Å². The minimum Gasteiger partial charge on any atom is -0.490 e. The average molecular weight is 264 g/mol. The Hall–Kier alpha value is -1.55. The SMILES string of the molecule is C=CN(/C=C\C)/C=N/CCOc1cc(C)sc1C. The second kappa shape index (κ2) is 7.71. The lowest BCUT2D eigenvalue weighted by molar-refractivity contribution is 0.328. The summed E-state index contributed by atoms with van der Waals surface area (Å²) in [5, 5.41) is 0. The molecule has 0 N–H and O–H groups in total. The van der Waals surface area contributed by atoms with Gasteiger partial charge in [-0.3, -0.25) is 4.99 Å². The van der Waals surface area contributed by atoms with E-state index in [4.69, 9.17) is 4.74 Å². The van der Waals surface area contributed by atoms with Crippen LogP contribution in [0.3, 0.4) is 0 Å². The number of rotatable bonds is 7. The molecule has 1 aromatic rings. The maximum Gasteiger partial charge on any atom is 0.133 e. The van der Waals surface area contributed by atoms with Gasteiger partial charge in [-0.05, 0) is 26.8 Å². The van der Waals surface area contributed by atoms with Gasteiger partial charge < -0.3 is 9.64 Å². The highest BCUT2D eigenvalue weighted by atomic mass is 32.1. The number of ether oxygens (including phenoxy) is 1. The van der Waals surface area contributed by atoms with Gasteiger partial charge in [-0.25, -0.2) is 0 Å². The van der Waals surface area contributed by atoms with E-state index >= 15 is 0 Å². The zero-order chi connectivity index (χ0) is 13.4. The molecule has 0 spiro atoms. The van der Waals surface area contributed by atoms with Crippen LogP contribution in [0.2, 0.25) is 0 Å². The number of hydrogen-bond acceptors (Lipinski definition) is 3. The molecule has 0 amide bonds. The Morgan fingerprint density at radius 1 is 1.50 bits per heavy atom. The molecule has 98 valence electrons. The predicted octanol–water partition coefficient (Wildman–Crippen LogP) is 3.75. The fourth-order valence-corrected chi connectivity index (χ4v) is 2.30. The molecule has 18 heavy (non-hydrogen) atoms. The first-order chi connectivity index (χ1) is 8.67. The van der Waals surface area contributed by atoms with Crippen molar-refractivity contribution in [2.45, 2.75) is 20.8 Å². The number of aliphatic imine (C=N–C) groups is 1. The quantitative estimate of drug-likeness (QED) is 0.425. The molecule has 3 nitrogen and oxygen atoms in total. The van der Waals surface area contributed by atoms with Crippen molar-refractivity contribution in [2.24, 2.45) is 4.99 Å². The van der Waals surface area contributed by atoms with Crippen LogP contribution < -0.4 is 4.74 Å². The van der Waals surface area contributed by atoms with Crippen LogP contribution in [0.1, 0.15) is 16.7 Å². The van der Waals surface area contributed by atoms with E-state index in [-0.39, 0.29) is 0 Å². The van der Waals surface area contributed by atoms with Gasteiger partial charge in [0.05, 0.1) is 12.9 Å². The highest BCUT2D eigenvalue weighted by Crippen LogP contribution is 2.27. The van der Waals surface area contributed by atoms with Crippen molar-refractivity contribution in [1.82, 2.24) is 4.90 Å². The summed E-state index contributed by atoms with van der Waals surface area (Å²) < 4.78 is 5.67. The van der Waals surface area contributed by atoms with Gasteiger partial charge >= 0.3 is 0 Å². The van der Waals surface area contributed by atoms with Crippen LogP contribution in [-0.2, 0) is 0 Å². The van der Waals surface area contributed by atoms with E-state index in [2.05, 4.69) is 31.5 Å². The van der Waals surface area contributed by atoms with Crippen molar-refractivity contribution in [2.75, 3.05) is 13.2 Å². The zero-order valence-electron chi connectivity index (χ0n) is 11.2. The minimum absolute atomic E-state index is 0.592. The third kappa shape index (κ3) is 4.75. The van der Waals surface area contributed by atoms with Crippen molar-refractivity contribution in [1.29, 1.82) is 0 Å². The molecule has 0 radical (unpaired) electrons. The van der Waals surface area contributed by atoms with E-state index in [1.165, 1.54) is 9.75 Å². The first kappa shape index (κ1) is 14.5. The van der Waals surface area contributed by atoms with Crippen molar-refractivity contribution >= 4 is 17.7 Å². The van der Waals surface area contributed by atoms with Gasteiger partial charge in [0.25, 0.3) is 0 Å². The maximum absolute atomic E-state index is 5.67. The minimum atomic E-state index is 0.592. The number of allylic oxidation sites excluding steroid dienone is 1. The molecule has 1 heterocycles. The largest absolute Gasteiger partial charge is 0.490 e. The molecule has 0 atom stereocenters. The number of nitrogens with zero attached hydrogens (tertiary/aromatic N) is 2. The van der Waals surface area contributed by atoms with Crippen LogP contribution in [0.5, 0.6) is 5.75 Å². The summed E-state index contributed by atoms with van der Waals surface area (Å²) in [5.74, 6) is 0.974. The summed E-state index contributed by atoms with van der Waals surface area (Å²) >= 11 is 1.75. The highest BCUT2D eigenvalue weighted by Gasteiger charge is 2.02. The van der Waals surface area contributed by atoms with E-state index in [1.54, 1.807) is 28.8 Å². The Morgan fingerprint density at radius 2 is 2.28 bits per heavy atom. The Balaban J connectivity index is 2.32. The molecular formula is C14H20N2OS. The van der Waals surface area contributed by atoms with Crippen molar-refractivity contribution in [3.05, 3.63) is 40.9 Å². The first-order valence-corrected chi connectivity index (χ1v) is 6.71. The summed E-state index contributed by atoms with van der Waals surface area (Å²) in [5.41, 5.74) is 0. The summed E-state index contributed by atoms with van der Waals surface area (Å²) in [7, 11) is 0. The molecule has 1 rings (SSSR count). The molecule has 0 aliphatic rings. The summed E-state index contributed by atoms with van der Waals surface area (Å²) in [4.78, 5) is 8.57. The fourth-order valence-electron chi connectivity index (χ4n) is 1.43. The second-order valence-electron chi connectivity index (χ2n) is 3.76. The molecule has 0 bridgehead atoms. The molecule has 0 saturated heterocycles. The maximum atomic E-state index is 5.67. The average Bonchev–Trinajstić information content (AvgIpc) is 2.66. The third-order valence-electron chi connectivity index (χ3n) is 2.22. The lowest BCUT2D eigenvalue weighted by atomic mass is 10.4. The highest BCUT2D eigenvalue weighted by molar-refractivity contribution is 7.12. The van der Waals surface area contributed by atoms with Crippen LogP contribution in [0.4, 0.5) is 0 Å². The normalized spacial score (nSPS) is 11.3. The van der Waals surface area contributed by atoms with E-state index in [1.807, 2.05) is 19.2 Å². The Labute approximate surface area is 113 Å². The Bertz CT molecular complexity index is 435. The standard InChI is InChI=1S/C14H20N2OS/c1-5-8-16(6-2)11-15-7-9-17-14-10-12(3)18-13(14)4/h5-6,8,10-11H,2,7,9H2,1,3-4H3/b8-5-,15-11+. The van der Waals surface area contributed by atoms with Crippen LogP contribution in [0, 0.1) is 13.8 Å². The fraction of sp³-hybridized carbons (Fsp3) is 0.357. The van der Waals surface area contributed by atoms with Gasteiger partial charge in [0.2, 0.25) is 0 Å². The van der Waals surface area contributed by atoms with Gasteiger partial charge in [-0.15, -0.1) is 11.3 Å². The topological polar surface area (TPSA) is 24.8 Å². The van der Waals surface area contributed by atoms with Crippen LogP contribution >= 0.6 is 11.3 Å². The van der Waals surface area contributed by atoms with E-state index in [0.29, 0.717) is 13.2 Å². The van der Waals surface area contributed by atoms with Crippen LogP contribution in [0.25, 0.3) is 0 Å². The molecule has 4 heteroatoms. The van der Waals surface area contributed by atoms with Gasteiger partial charge in [0, 0.05) is 22.2 Å². The van der Waals surface area contributed by atoms with Crippen LogP contribution in [-0.4, -0.2) is 24.4 Å². The smallest absolute Gasteiger partial charge is 0.133 e. The third-order valence-corrected chi connectivity index (χ3v) is 3.17. The predicted molar refractivity (Wildman–Crippen MR) is 79.5 cm³/mol. The van der Waals surface area contributed by atoms with E-state index < -0.39 is 0 Å². The van der Waals surface area contributed by atoms with Crippen molar-refractivity contribution in [3.8, 4) is 5.75 Å². The Kier molecular flexibility index (Phi) is 6.22. The van der Waals surface area contributed by atoms with Gasteiger partial charge in [0.15, 0.2) is 0 Å². The molecule has 0 aliphatic carbocycles. The summed E-state index contributed by atoms with van der Waals surface area (Å²) in [6.07, 6.45) is 7.27. The zero-order valence-corrected chi connectivity index (χ0v) is 12.0. The molecule has 0 fully saturated rings. The van der Waals surface area contributed by atoms with Crippen molar-refractivity contribution in [3.63, 3.8) is 0 Å². The van der Waals surface area contributed by atoms with E-state index in [0.717, 1.165) is 5.75 Å². The lowest BCUT2D eigenvalue weighted by Gasteiger charge is -2.07. The molecule has 0 aromatic carbocycles. The molecule has 0 saturated carbocycles. The first-order valence-electron chi connectivity index (χ1n) is 5.90. The summed E-state index contributed by atoms with van der Waals surface area (Å²) in [6.45, 7) is 11.0. The lowest BCUT2D eigenvalue weighted by Crippen LogP contribution is -2.08. The number of thiophene rings is 1. The summed E-state index contributed by atoms with van der Waals surface area (Å²) in [6, 6.07) is 2.07. The molecule has 1 aromatic heterocycles. The van der Waals surface area contributed by atoms with Gasteiger partial charge in [-0.2, -0.15) is 0 Å².